The molecule has 0 saturated carbocycles. The zero-order valence-corrected chi connectivity index (χ0v) is 23.1. The molecule has 2 heterocycles. The lowest BCUT2D eigenvalue weighted by molar-refractivity contribution is 0.414. The molecule has 2 aromatic heterocycles. The van der Waals surface area contributed by atoms with Gasteiger partial charge in [0.15, 0.2) is 5.13 Å². The Balaban J connectivity index is 0.000000361. The van der Waals surface area contributed by atoms with Gasteiger partial charge in [0.1, 0.15) is 17.2 Å². The summed E-state index contributed by atoms with van der Waals surface area (Å²) in [6.07, 6.45) is 0. The van der Waals surface area contributed by atoms with Crippen molar-refractivity contribution in [3.63, 3.8) is 0 Å². The Morgan fingerprint density at radius 2 is 1.18 bits per heavy atom. The maximum Gasteiger partial charge on any atom is 0.225 e. The lowest BCUT2D eigenvalue weighted by Gasteiger charge is -2.19. The molecule has 0 atom stereocenters. The standard InChI is InChI=1S/C14H18N2O2.C14H18N2OS.2CH4/c1-14(2,3)15-13-9-12(16-18-13)10-5-7-11(17-4)8-6-10;1-14(2,3)16-13-15-12(9-18-13)10-5-7-11(17-4)8-6-10;;/h5-9,15H,1-4H3;5-9H,1-4H3,(H,15,16);2*1H4. The van der Waals surface area contributed by atoms with Gasteiger partial charge in [0.05, 0.1) is 19.9 Å². The first-order valence-corrected chi connectivity index (χ1v) is 12.6. The van der Waals surface area contributed by atoms with E-state index in [9.17, 15) is 0 Å². The van der Waals surface area contributed by atoms with E-state index >= 15 is 0 Å². The number of ether oxygens (including phenoxy) is 2. The molecule has 0 aliphatic carbocycles. The van der Waals surface area contributed by atoms with Gasteiger partial charge in [-0.1, -0.05) is 20.0 Å². The smallest absolute Gasteiger partial charge is 0.225 e. The van der Waals surface area contributed by atoms with Crippen molar-refractivity contribution in [2.45, 2.75) is 67.5 Å². The first-order chi connectivity index (χ1) is 17.0. The number of hydrogen-bond acceptors (Lipinski definition) is 8. The predicted octanol–water partition coefficient (Wildman–Crippen LogP) is 8.86. The number of anilines is 2. The quantitative estimate of drug-likeness (QED) is 0.253. The van der Waals surface area contributed by atoms with E-state index in [4.69, 9.17) is 14.0 Å². The van der Waals surface area contributed by atoms with Crippen LogP contribution < -0.4 is 20.1 Å². The highest BCUT2D eigenvalue weighted by Crippen LogP contribution is 2.28. The van der Waals surface area contributed by atoms with Crippen LogP contribution in [0.3, 0.4) is 0 Å². The lowest BCUT2D eigenvalue weighted by Crippen LogP contribution is -2.25. The predicted molar refractivity (Wildman–Crippen MR) is 163 cm³/mol. The molecule has 8 heteroatoms. The molecule has 2 N–H and O–H groups in total. The summed E-state index contributed by atoms with van der Waals surface area (Å²) in [4.78, 5) is 4.59. The number of methoxy groups -OCH3 is 2. The molecule has 0 unspecified atom stereocenters. The van der Waals surface area contributed by atoms with Gasteiger partial charge >= 0.3 is 0 Å². The highest BCUT2D eigenvalue weighted by molar-refractivity contribution is 7.14. The number of aromatic nitrogens is 2. The molecule has 0 radical (unpaired) electrons. The van der Waals surface area contributed by atoms with Gasteiger partial charge < -0.3 is 24.6 Å². The van der Waals surface area contributed by atoms with Crippen LogP contribution in [0.1, 0.15) is 56.4 Å². The molecule has 7 nitrogen and oxygen atoms in total. The highest BCUT2D eigenvalue weighted by atomic mass is 32.1. The van der Waals surface area contributed by atoms with Gasteiger partial charge in [-0.15, -0.1) is 11.3 Å². The van der Waals surface area contributed by atoms with E-state index in [0.29, 0.717) is 5.88 Å². The van der Waals surface area contributed by atoms with Crippen molar-refractivity contribution in [3.05, 3.63) is 60.0 Å². The van der Waals surface area contributed by atoms with Crippen LogP contribution in [0.25, 0.3) is 22.5 Å². The number of benzene rings is 2. The third-order valence-corrected chi connectivity index (χ3v) is 5.52. The molecule has 4 rings (SSSR count). The van der Waals surface area contributed by atoms with E-state index in [1.165, 1.54) is 0 Å². The number of nitrogens with zero attached hydrogens (tertiary/aromatic N) is 2. The Bertz CT molecular complexity index is 1120. The molecule has 0 fully saturated rings. The minimum Gasteiger partial charge on any atom is -0.497 e. The Hall–Kier alpha value is -3.52. The van der Waals surface area contributed by atoms with Gasteiger partial charge in [0.25, 0.3) is 0 Å². The minimum absolute atomic E-state index is 0. The number of hydrogen-bond donors (Lipinski definition) is 2. The second kappa shape index (κ2) is 13.9. The van der Waals surface area contributed by atoms with Crippen LogP contribution in [0.5, 0.6) is 11.5 Å². The van der Waals surface area contributed by atoms with Gasteiger partial charge in [-0.25, -0.2) is 4.98 Å². The number of rotatable bonds is 6. The maximum atomic E-state index is 5.26. The molecule has 0 amide bonds. The molecule has 208 valence electrons. The van der Waals surface area contributed by atoms with Crippen LogP contribution in [0, 0.1) is 0 Å². The van der Waals surface area contributed by atoms with Crippen molar-refractivity contribution < 1.29 is 14.0 Å². The number of nitrogens with one attached hydrogen (secondary N) is 2. The van der Waals surface area contributed by atoms with E-state index in [2.05, 4.69) is 67.7 Å². The van der Waals surface area contributed by atoms with Gasteiger partial charge in [-0.3, -0.25) is 0 Å². The first-order valence-electron chi connectivity index (χ1n) is 11.7. The van der Waals surface area contributed by atoms with E-state index < -0.39 is 0 Å². The van der Waals surface area contributed by atoms with Crippen molar-refractivity contribution >= 4 is 22.4 Å². The maximum absolute atomic E-state index is 5.26. The Morgan fingerprint density at radius 1 is 0.711 bits per heavy atom. The van der Waals surface area contributed by atoms with Gasteiger partial charge in [0.2, 0.25) is 5.88 Å². The summed E-state index contributed by atoms with van der Waals surface area (Å²) < 4.78 is 15.5. The molecule has 0 aliphatic rings. The van der Waals surface area contributed by atoms with Crippen molar-refractivity contribution in [2.75, 3.05) is 24.9 Å². The van der Waals surface area contributed by atoms with E-state index in [1.54, 1.807) is 25.6 Å². The monoisotopic (exact) mass is 540 g/mol. The van der Waals surface area contributed by atoms with Gasteiger partial charge in [0, 0.05) is 33.7 Å². The van der Waals surface area contributed by atoms with E-state index in [-0.39, 0.29) is 25.9 Å². The Morgan fingerprint density at radius 3 is 1.63 bits per heavy atom. The molecule has 0 aliphatic heterocycles. The molecule has 4 aromatic rings. The zero-order chi connectivity index (χ0) is 26.3. The molecule has 2 aromatic carbocycles. The molecule has 38 heavy (non-hydrogen) atoms. The molecule has 0 bridgehead atoms. The van der Waals surface area contributed by atoms with Crippen molar-refractivity contribution in [2.24, 2.45) is 0 Å². The second-order valence-corrected chi connectivity index (χ2v) is 11.2. The fourth-order valence-corrected chi connectivity index (χ4v) is 4.08. The van der Waals surface area contributed by atoms with Crippen LogP contribution in [-0.4, -0.2) is 35.4 Å². The Labute approximate surface area is 232 Å². The summed E-state index contributed by atoms with van der Waals surface area (Å²) in [5.41, 5.74) is 3.90. The van der Waals surface area contributed by atoms with E-state index in [0.717, 1.165) is 39.1 Å². The van der Waals surface area contributed by atoms with Gasteiger partial charge in [-0.05, 0) is 90.1 Å². The number of thiazole rings is 1. The average Bonchev–Trinajstić information content (AvgIpc) is 3.47. The first kappa shape index (κ1) is 32.5. The molecular weight excluding hydrogens is 496 g/mol. The van der Waals surface area contributed by atoms with Crippen molar-refractivity contribution in [3.8, 4) is 34.0 Å². The summed E-state index contributed by atoms with van der Waals surface area (Å²) in [6, 6.07) is 17.6. The van der Waals surface area contributed by atoms with E-state index in [1.807, 2.05) is 54.6 Å². The van der Waals surface area contributed by atoms with Crippen LogP contribution in [-0.2, 0) is 0 Å². The largest absolute Gasteiger partial charge is 0.497 e. The highest BCUT2D eigenvalue weighted by Gasteiger charge is 2.14. The van der Waals surface area contributed by atoms with Crippen LogP contribution in [0.2, 0.25) is 0 Å². The zero-order valence-electron chi connectivity index (χ0n) is 22.3. The molecular formula is C30H44N4O3S. The van der Waals surface area contributed by atoms with Crippen LogP contribution in [0.4, 0.5) is 11.0 Å². The van der Waals surface area contributed by atoms with Crippen LogP contribution >= 0.6 is 11.3 Å². The summed E-state index contributed by atoms with van der Waals surface area (Å²) in [5.74, 6) is 2.37. The topological polar surface area (TPSA) is 81.4 Å². The molecule has 0 spiro atoms. The second-order valence-electron chi connectivity index (χ2n) is 10.3. The molecule has 0 saturated heterocycles. The summed E-state index contributed by atoms with van der Waals surface area (Å²) in [6.45, 7) is 12.6. The van der Waals surface area contributed by atoms with Crippen LogP contribution in [0.15, 0.2) is 64.5 Å². The minimum atomic E-state index is -0.0449. The normalized spacial score (nSPS) is 10.7. The fourth-order valence-electron chi connectivity index (χ4n) is 3.15. The van der Waals surface area contributed by atoms with Crippen molar-refractivity contribution in [1.29, 1.82) is 0 Å². The SMILES string of the molecule is C.C.COc1ccc(-c2cc(NC(C)(C)C)on2)cc1.COc1ccc(-c2csc(NC(C)(C)C)n2)cc1. The fraction of sp³-hybridized carbons (Fsp3) is 0.400. The third-order valence-electron chi connectivity index (χ3n) is 4.77. The summed E-state index contributed by atoms with van der Waals surface area (Å²) in [7, 11) is 3.32. The van der Waals surface area contributed by atoms with Gasteiger partial charge in [-0.2, -0.15) is 0 Å². The third kappa shape index (κ3) is 10.1. The average molecular weight is 541 g/mol. The lowest BCUT2D eigenvalue weighted by atomic mass is 10.1. The summed E-state index contributed by atoms with van der Waals surface area (Å²) >= 11 is 1.63. The van der Waals surface area contributed by atoms with Crippen molar-refractivity contribution in [1.82, 2.24) is 10.1 Å². The Kier molecular flexibility index (Phi) is 11.9. The summed E-state index contributed by atoms with van der Waals surface area (Å²) in [5, 5.41) is 13.7.